The summed E-state index contributed by atoms with van der Waals surface area (Å²) in [7, 11) is 4.68. The van der Waals surface area contributed by atoms with Crippen molar-refractivity contribution in [3.05, 3.63) is 23.1 Å². The number of esters is 1. The Kier molecular flexibility index (Phi) is 14.4. The fourth-order valence-corrected chi connectivity index (χ4v) is 6.46. The lowest BCUT2D eigenvalue weighted by Crippen LogP contribution is -2.17. The fourth-order valence-electron chi connectivity index (χ4n) is 4.84. The number of allylic oxidation sites excluding steroid dienone is 3. The lowest BCUT2D eigenvalue weighted by molar-refractivity contribution is -0.140. The average Bonchev–Trinajstić information content (AvgIpc) is 3.12. The van der Waals surface area contributed by atoms with Crippen molar-refractivity contribution in [2.45, 2.75) is 115 Å². The standard InChI is InChI=1S/C27H43O4SSi/c1-3-4-8-13-22(31-33)19-18-21-20-25(32-23-14-9-7-10-15-23)27(29)24(21)16-11-5-6-12-17-26(28)30-2/h18-24H,3-17H2,1-2H3/b19-18+. The number of unbranched alkanes of at least 4 members (excludes halogenated alkanes) is 5. The molecule has 2 aliphatic carbocycles. The molecule has 6 heteroatoms. The van der Waals surface area contributed by atoms with E-state index in [9.17, 15) is 9.59 Å². The molecule has 1 fully saturated rings. The molecular formula is C27H43O4SSi. The minimum absolute atomic E-state index is 0.0407. The molecule has 0 spiro atoms. The second-order valence-electron chi connectivity index (χ2n) is 9.52. The zero-order valence-corrected chi connectivity index (χ0v) is 22.5. The summed E-state index contributed by atoms with van der Waals surface area (Å²) < 4.78 is 10.2. The molecule has 0 bridgehead atoms. The van der Waals surface area contributed by atoms with Crippen LogP contribution in [0.2, 0.25) is 0 Å². The Morgan fingerprint density at radius 1 is 1.15 bits per heavy atom. The van der Waals surface area contributed by atoms with E-state index in [1.54, 1.807) is 0 Å². The van der Waals surface area contributed by atoms with E-state index in [1.807, 2.05) is 11.8 Å². The minimum atomic E-state index is -0.137. The zero-order chi connectivity index (χ0) is 23.9. The fraction of sp³-hybridized carbons (Fsp3) is 0.778. The number of carbonyl (C=O) groups excluding carboxylic acids is 2. The number of hydrogen-bond acceptors (Lipinski definition) is 5. The summed E-state index contributed by atoms with van der Waals surface area (Å²) in [6, 6.07) is 0. The minimum Gasteiger partial charge on any atom is -0.469 e. The van der Waals surface area contributed by atoms with Crippen molar-refractivity contribution in [1.82, 2.24) is 0 Å². The summed E-state index contributed by atoms with van der Waals surface area (Å²) in [4.78, 5) is 25.6. The maximum Gasteiger partial charge on any atom is 0.305 e. The summed E-state index contributed by atoms with van der Waals surface area (Å²) in [6.45, 7) is 2.21. The molecule has 0 heterocycles. The number of thioether (sulfide) groups is 1. The molecule has 0 aromatic heterocycles. The van der Waals surface area contributed by atoms with Gasteiger partial charge in [-0.1, -0.05) is 82.9 Å². The van der Waals surface area contributed by atoms with Gasteiger partial charge >= 0.3 is 5.97 Å². The van der Waals surface area contributed by atoms with Gasteiger partial charge in [0.2, 0.25) is 10.5 Å². The Hall–Kier alpha value is -0.853. The Morgan fingerprint density at radius 3 is 2.61 bits per heavy atom. The van der Waals surface area contributed by atoms with Gasteiger partial charge in [0, 0.05) is 28.4 Å². The first-order chi connectivity index (χ1) is 16.1. The van der Waals surface area contributed by atoms with Gasteiger partial charge in [0.05, 0.1) is 13.2 Å². The maximum absolute atomic E-state index is 13.3. The van der Waals surface area contributed by atoms with Crippen LogP contribution < -0.4 is 0 Å². The average molecular weight is 492 g/mol. The van der Waals surface area contributed by atoms with Crippen LogP contribution in [-0.4, -0.2) is 40.7 Å². The topological polar surface area (TPSA) is 52.6 Å². The summed E-state index contributed by atoms with van der Waals surface area (Å²) in [5.74, 6) is 0.409. The SMILES string of the molecule is CCCCCC(/C=C/C1C=C(SC2CCCCC2)C(=O)C1CCCCCCC(=O)OC)O[Si]. The number of carbonyl (C=O) groups is 2. The summed E-state index contributed by atoms with van der Waals surface area (Å²) in [6.07, 6.45) is 22.9. The Morgan fingerprint density at radius 2 is 1.91 bits per heavy atom. The summed E-state index contributed by atoms with van der Waals surface area (Å²) >= 11 is 1.84. The number of methoxy groups -OCH3 is 1. The molecule has 185 valence electrons. The molecule has 1 saturated carbocycles. The van der Waals surface area contributed by atoms with Gasteiger partial charge in [-0.3, -0.25) is 9.59 Å². The van der Waals surface area contributed by atoms with Gasteiger partial charge in [-0.2, -0.15) is 0 Å². The molecular weight excluding hydrogens is 448 g/mol. The number of ketones is 1. The maximum atomic E-state index is 13.3. The van der Waals surface area contributed by atoms with Crippen LogP contribution in [-0.2, 0) is 18.8 Å². The number of rotatable bonds is 16. The first kappa shape index (κ1) is 28.4. The van der Waals surface area contributed by atoms with E-state index >= 15 is 0 Å². The monoisotopic (exact) mass is 491 g/mol. The van der Waals surface area contributed by atoms with Crippen LogP contribution in [0.5, 0.6) is 0 Å². The highest BCUT2D eigenvalue weighted by atomic mass is 32.2. The second-order valence-corrected chi connectivity index (χ2v) is 11.1. The van der Waals surface area contributed by atoms with E-state index in [2.05, 4.69) is 35.6 Å². The summed E-state index contributed by atoms with van der Waals surface area (Å²) in [5.41, 5.74) is 0. The normalized spacial score (nSPS) is 22.6. The van der Waals surface area contributed by atoms with Gasteiger partial charge in [0.15, 0.2) is 5.78 Å². The van der Waals surface area contributed by atoms with Crippen LogP contribution in [0, 0.1) is 11.8 Å². The Bertz CT molecular complexity index is 642. The van der Waals surface area contributed by atoms with Gasteiger partial charge in [0.1, 0.15) is 0 Å². The van der Waals surface area contributed by atoms with Gasteiger partial charge < -0.3 is 9.16 Å². The van der Waals surface area contributed by atoms with Crippen LogP contribution in [0.4, 0.5) is 0 Å². The third-order valence-electron chi connectivity index (χ3n) is 6.90. The third-order valence-corrected chi connectivity index (χ3v) is 8.60. The van der Waals surface area contributed by atoms with Crippen molar-refractivity contribution in [2.75, 3.05) is 7.11 Å². The highest BCUT2D eigenvalue weighted by Crippen LogP contribution is 2.42. The highest BCUT2D eigenvalue weighted by Gasteiger charge is 2.35. The van der Waals surface area contributed by atoms with E-state index < -0.39 is 0 Å². The van der Waals surface area contributed by atoms with E-state index in [4.69, 9.17) is 9.16 Å². The third kappa shape index (κ3) is 10.5. The molecule has 0 amide bonds. The zero-order valence-electron chi connectivity index (χ0n) is 20.7. The van der Waals surface area contributed by atoms with Crippen LogP contribution >= 0.6 is 11.8 Å². The summed E-state index contributed by atoms with van der Waals surface area (Å²) in [5, 5.41) is 0.600. The quantitative estimate of drug-likeness (QED) is 0.102. The molecule has 0 N–H and O–H groups in total. The van der Waals surface area contributed by atoms with Crippen molar-refractivity contribution < 1.29 is 18.8 Å². The first-order valence-electron chi connectivity index (χ1n) is 13.1. The van der Waals surface area contributed by atoms with Crippen LogP contribution in [0.25, 0.3) is 0 Å². The smallest absolute Gasteiger partial charge is 0.305 e. The largest absolute Gasteiger partial charge is 0.469 e. The molecule has 4 nitrogen and oxygen atoms in total. The van der Waals surface area contributed by atoms with Gasteiger partial charge in [-0.05, 0) is 32.1 Å². The lowest BCUT2D eigenvalue weighted by Gasteiger charge is -2.21. The molecule has 0 aliphatic heterocycles. The van der Waals surface area contributed by atoms with E-state index in [0.717, 1.165) is 49.9 Å². The predicted molar refractivity (Wildman–Crippen MR) is 138 cm³/mol. The highest BCUT2D eigenvalue weighted by molar-refractivity contribution is 8.04. The first-order valence-corrected chi connectivity index (χ1v) is 14.4. The molecule has 33 heavy (non-hydrogen) atoms. The van der Waals surface area contributed by atoms with Crippen molar-refractivity contribution in [2.24, 2.45) is 11.8 Å². The second kappa shape index (κ2) is 16.7. The number of hydrogen-bond donors (Lipinski definition) is 0. The predicted octanol–water partition coefficient (Wildman–Crippen LogP) is 6.87. The molecule has 3 atom stereocenters. The van der Waals surface area contributed by atoms with E-state index in [1.165, 1.54) is 52.1 Å². The number of ether oxygens (including phenoxy) is 1. The van der Waals surface area contributed by atoms with Gasteiger partial charge in [-0.25, -0.2) is 0 Å². The molecule has 0 aromatic rings. The van der Waals surface area contributed by atoms with Crippen LogP contribution in [0.15, 0.2) is 23.1 Å². The van der Waals surface area contributed by atoms with Crippen molar-refractivity contribution in [3.63, 3.8) is 0 Å². The Balaban J connectivity index is 1.93. The van der Waals surface area contributed by atoms with Crippen LogP contribution in [0.3, 0.4) is 0 Å². The van der Waals surface area contributed by atoms with Crippen molar-refractivity contribution in [1.29, 1.82) is 0 Å². The molecule has 2 rings (SSSR count). The van der Waals surface area contributed by atoms with Gasteiger partial charge in [0.25, 0.3) is 0 Å². The number of Topliss-reactive ketones (excluding diaryl/α,β-unsaturated/α-hetero) is 1. The van der Waals surface area contributed by atoms with E-state index in [-0.39, 0.29) is 23.9 Å². The molecule has 0 aromatic carbocycles. The lowest BCUT2D eigenvalue weighted by atomic mass is 9.88. The van der Waals surface area contributed by atoms with Crippen molar-refractivity contribution >= 4 is 34.0 Å². The van der Waals surface area contributed by atoms with E-state index in [0.29, 0.717) is 17.5 Å². The molecule has 3 radical (unpaired) electrons. The van der Waals surface area contributed by atoms with Gasteiger partial charge in [-0.15, -0.1) is 11.8 Å². The Labute approximate surface area is 209 Å². The molecule has 3 unspecified atom stereocenters. The molecule has 2 aliphatic rings. The van der Waals surface area contributed by atoms with Crippen LogP contribution in [0.1, 0.15) is 103 Å². The van der Waals surface area contributed by atoms with Crippen molar-refractivity contribution in [3.8, 4) is 0 Å². The molecule has 0 saturated heterocycles.